The number of unbranched alkanes of at least 4 members (excludes halogenated alkanes) is 1. The van der Waals surface area contributed by atoms with Crippen LogP contribution in [0.3, 0.4) is 0 Å². The fourth-order valence-corrected chi connectivity index (χ4v) is 4.20. The molecule has 1 amide bonds. The maximum atomic E-state index is 14.6. The molecule has 1 aromatic carbocycles. The Bertz CT molecular complexity index is 854. The van der Waals surface area contributed by atoms with Crippen LogP contribution in [0.25, 0.3) is 0 Å². The van der Waals surface area contributed by atoms with Crippen molar-refractivity contribution in [3.05, 3.63) is 23.8 Å². The quantitative estimate of drug-likeness (QED) is 0.580. The average Bonchev–Trinajstić information content (AvgIpc) is 2.58. The topological polar surface area (TPSA) is 87.7 Å². The van der Waals surface area contributed by atoms with Crippen LogP contribution in [0.4, 0.5) is 20.2 Å². The number of benzene rings is 1. The SMILES string of the molecule is CC1CN(c2c(F)cc(NC(=O)CCCCNS(=O)(=O)C(C)(C)C)cc2F)CC(C)O1. The molecule has 0 spiro atoms. The Morgan fingerprint density at radius 2 is 1.68 bits per heavy atom. The molecule has 1 aliphatic rings. The third-order valence-electron chi connectivity index (χ3n) is 4.97. The summed E-state index contributed by atoms with van der Waals surface area (Å²) < 4.78 is 60.4. The van der Waals surface area contributed by atoms with E-state index < -0.39 is 26.4 Å². The third kappa shape index (κ3) is 7.11. The first-order valence-electron chi connectivity index (χ1n) is 10.5. The van der Waals surface area contributed by atoms with Crippen molar-refractivity contribution in [3.63, 3.8) is 0 Å². The normalized spacial score (nSPS) is 20.0. The average molecular weight is 462 g/mol. The van der Waals surface area contributed by atoms with Crippen molar-refractivity contribution in [1.29, 1.82) is 0 Å². The van der Waals surface area contributed by atoms with Crippen LogP contribution in [-0.2, 0) is 19.6 Å². The van der Waals surface area contributed by atoms with E-state index in [0.717, 1.165) is 12.1 Å². The lowest BCUT2D eigenvalue weighted by Crippen LogP contribution is -2.46. The lowest BCUT2D eigenvalue weighted by atomic mass is 10.1. The number of hydrogen-bond acceptors (Lipinski definition) is 5. The minimum Gasteiger partial charge on any atom is -0.372 e. The predicted octanol–water partition coefficient (Wildman–Crippen LogP) is 3.41. The number of morpholine rings is 1. The van der Waals surface area contributed by atoms with Crippen LogP contribution in [0.5, 0.6) is 0 Å². The van der Waals surface area contributed by atoms with E-state index in [0.29, 0.717) is 25.9 Å². The second-order valence-electron chi connectivity index (χ2n) is 8.97. The highest BCUT2D eigenvalue weighted by molar-refractivity contribution is 7.90. The highest BCUT2D eigenvalue weighted by Gasteiger charge is 2.28. The predicted molar refractivity (Wildman–Crippen MR) is 118 cm³/mol. The molecular formula is C21H33F2N3O4S. The Morgan fingerprint density at radius 1 is 1.13 bits per heavy atom. The van der Waals surface area contributed by atoms with Gasteiger partial charge in [-0.05, 0) is 59.6 Å². The molecule has 0 aromatic heterocycles. The smallest absolute Gasteiger partial charge is 0.224 e. The summed E-state index contributed by atoms with van der Waals surface area (Å²) in [4.78, 5) is 13.7. The van der Waals surface area contributed by atoms with Gasteiger partial charge in [0.25, 0.3) is 0 Å². The fourth-order valence-electron chi connectivity index (χ4n) is 3.36. The molecule has 2 N–H and O–H groups in total. The largest absolute Gasteiger partial charge is 0.372 e. The van der Waals surface area contributed by atoms with E-state index in [-0.39, 0.29) is 42.5 Å². The minimum atomic E-state index is -3.42. The summed E-state index contributed by atoms with van der Waals surface area (Å²) in [6.45, 7) is 9.49. The van der Waals surface area contributed by atoms with Crippen LogP contribution in [0.2, 0.25) is 0 Å². The van der Waals surface area contributed by atoms with E-state index in [1.165, 1.54) is 0 Å². The van der Waals surface area contributed by atoms with Crippen molar-refractivity contribution >= 4 is 27.3 Å². The van der Waals surface area contributed by atoms with Crippen LogP contribution < -0.4 is 14.9 Å². The number of amides is 1. The van der Waals surface area contributed by atoms with E-state index >= 15 is 0 Å². The summed E-state index contributed by atoms with van der Waals surface area (Å²) in [6, 6.07) is 2.22. The number of sulfonamides is 1. The first-order chi connectivity index (χ1) is 14.3. The van der Waals surface area contributed by atoms with E-state index in [2.05, 4.69) is 10.0 Å². The second-order valence-corrected chi connectivity index (χ2v) is 11.5. The van der Waals surface area contributed by atoms with E-state index in [9.17, 15) is 22.0 Å². The Morgan fingerprint density at radius 3 is 2.19 bits per heavy atom. The van der Waals surface area contributed by atoms with Gasteiger partial charge in [-0.1, -0.05) is 0 Å². The van der Waals surface area contributed by atoms with Crippen molar-refractivity contribution in [2.24, 2.45) is 0 Å². The van der Waals surface area contributed by atoms with Crippen LogP contribution in [-0.4, -0.2) is 50.9 Å². The molecule has 10 heteroatoms. The van der Waals surface area contributed by atoms with Gasteiger partial charge < -0.3 is 15.0 Å². The minimum absolute atomic E-state index is 0.0477. The molecule has 7 nitrogen and oxygen atoms in total. The maximum Gasteiger partial charge on any atom is 0.224 e. The molecule has 0 bridgehead atoms. The van der Waals surface area contributed by atoms with Crippen LogP contribution >= 0.6 is 0 Å². The molecule has 1 aliphatic heterocycles. The zero-order chi connectivity index (χ0) is 23.4. The first-order valence-corrected chi connectivity index (χ1v) is 12.0. The van der Waals surface area contributed by atoms with E-state index in [1.807, 2.05) is 13.8 Å². The number of ether oxygens (including phenoxy) is 1. The molecule has 2 rings (SSSR count). The van der Waals surface area contributed by atoms with Gasteiger partial charge >= 0.3 is 0 Å². The molecule has 1 aromatic rings. The highest BCUT2D eigenvalue weighted by Crippen LogP contribution is 2.29. The Hall–Kier alpha value is -1.78. The first kappa shape index (κ1) is 25.5. The zero-order valence-electron chi connectivity index (χ0n) is 18.8. The summed E-state index contributed by atoms with van der Waals surface area (Å²) in [5.41, 5.74) is -0.0716. The Kier molecular flexibility index (Phi) is 8.40. The number of hydrogen-bond donors (Lipinski definition) is 2. The summed E-state index contributed by atoms with van der Waals surface area (Å²) >= 11 is 0. The van der Waals surface area contributed by atoms with Crippen molar-refractivity contribution < 1.29 is 26.7 Å². The van der Waals surface area contributed by atoms with Gasteiger partial charge in [-0.3, -0.25) is 4.79 Å². The summed E-state index contributed by atoms with van der Waals surface area (Å²) in [6.07, 6.45) is 0.730. The molecule has 31 heavy (non-hydrogen) atoms. The van der Waals surface area contributed by atoms with Gasteiger partial charge in [0.2, 0.25) is 15.9 Å². The van der Waals surface area contributed by atoms with E-state index in [4.69, 9.17) is 4.74 Å². The summed E-state index contributed by atoms with van der Waals surface area (Å²) in [5, 5.41) is 2.50. The summed E-state index contributed by atoms with van der Waals surface area (Å²) in [5.74, 6) is -1.87. The highest BCUT2D eigenvalue weighted by atomic mass is 32.2. The Balaban J connectivity index is 1.87. The second kappa shape index (κ2) is 10.2. The van der Waals surface area contributed by atoms with Gasteiger partial charge in [0, 0.05) is 31.7 Å². The van der Waals surface area contributed by atoms with Crippen molar-refractivity contribution in [3.8, 4) is 0 Å². The number of nitrogens with zero attached hydrogens (tertiary/aromatic N) is 1. The van der Waals surface area contributed by atoms with Crippen molar-refractivity contribution in [1.82, 2.24) is 4.72 Å². The summed E-state index contributed by atoms with van der Waals surface area (Å²) in [7, 11) is -3.42. The monoisotopic (exact) mass is 461 g/mol. The molecule has 2 atom stereocenters. The van der Waals surface area contributed by atoms with Gasteiger partial charge in [0.1, 0.15) is 5.69 Å². The standard InChI is InChI=1S/C21H33F2N3O4S/c1-14-12-26(13-15(2)30-14)20-17(22)10-16(11-18(20)23)25-19(27)8-6-7-9-24-31(28,29)21(3,4)5/h10-11,14-15,24H,6-9,12-13H2,1-5H3,(H,25,27). The molecule has 0 aliphatic carbocycles. The molecule has 0 radical (unpaired) electrons. The molecule has 2 unspecified atom stereocenters. The van der Waals surface area contributed by atoms with Gasteiger partial charge in [-0.2, -0.15) is 0 Å². The molecular weight excluding hydrogens is 428 g/mol. The number of halogens is 2. The number of rotatable bonds is 8. The van der Waals surface area contributed by atoms with Gasteiger partial charge in [0.15, 0.2) is 11.6 Å². The van der Waals surface area contributed by atoms with E-state index in [1.54, 1.807) is 25.7 Å². The third-order valence-corrected chi connectivity index (χ3v) is 7.16. The van der Waals surface area contributed by atoms with Gasteiger partial charge in [-0.15, -0.1) is 0 Å². The van der Waals surface area contributed by atoms with Crippen LogP contribution in [0.15, 0.2) is 12.1 Å². The molecule has 1 heterocycles. The Labute approximate surface area is 183 Å². The lowest BCUT2D eigenvalue weighted by molar-refractivity contribution is -0.116. The van der Waals surface area contributed by atoms with Gasteiger partial charge in [0.05, 0.1) is 17.0 Å². The molecule has 176 valence electrons. The maximum absolute atomic E-state index is 14.6. The van der Waals surface area contributed by atoms with Crippen LogP contribution in [0.1, 0.15) is 53.9 Å². The fraction of sp³-hybridized carbons (Fsp3) is 0.667. The molecule has 1 saturated heterocycles. The molecule has 1 fully saturated rings. The number of nitrogens with one attached hydrogen (secondary N) is 2. The van der Waals surface area contributed by atoms with Crippen molar-refractivity contribution in [2.45, 2.75) is 70.8 Å². The number of anilines is 2. The number of carbonyl (C=O) groups is 1. The lowest BCUT2D eigenvalue weighted by Gasteiger charge is -2.37. The number of carbonyl (C=O) groups excluding carboxylic acids is 1. The van der Waals surface area contributed by atoms with Crippen LogP contribution in [0, 0.1) is 11.6 Å². The zero-order valence-corrected chi connectivity index (χ0v) is 19.6. The van der Waals surface area contributed by atoms with Gasteiger partial charge in [-0.25, -0.2) is 21.9 Å². The van der Waals surface area contributed by atoms with Crippen molar-refractivity contribution in [2.75, 3.05) is 29.9 Å². The molecule has 0 saturated carbocycles.